The Bertz CT molecular complexity index is 868. The average molecular weight is 407 g/mol. The lowest BCUT2D eigenvalue weighted by Crippen LogP contribution is -2.69. The van der Waals surface area contributed by atoms with Gasteiger partial charge in [0.15, 0.2) is 5.75 Å². The van der Waals surface area contributed by atoms with Gasteiger partial charge in [0.1, 0.15) is 0 Å². The first-order valence-corrected chi connectivity index (χ1v) is 10.9. The SMILES string of the molecule is CC(C)Oc1c(Cl)ccc2cc(C(=O)N[C@@H]3C4CCN(CC4)C3(C)C)sc12. The second kappa shape index (κ2) is 6.94. The van der Waals surface area contributed by atoms with E-state index in [-0.39, 0.29) is 23.6 Å². The molecule has 6 heteroatoms. The van der Waals surface area contributed by atoms with Gasteiger partial charge in [0.05, 0.1) is 20.7 Å². The number of ether oxygens (including phenoxy) is 1. The first-order chi connectivity index (χ1) is 12.8. The number of benzene rings is 1. The van der Waals surface area contributed by atoms with Gasteiger partial charge in [-0.3, -0.25) is 9.69 Å². The molecule has 4 heterocycles. The number of hydrogen-bond donors (Lipinski definition) is 1. The van der Waals surface area contributed by atoms with Gasteiger partial charge in [-0.05, 0) is 77.1 Å². The number of nitrogens with one attached hydrogen (secondary N) is 1. The molecule has 3 fully saturated rings. The second-order valence-corrected chi connectivity index (χ2v) is 9.96. The van der Waals surface area contributed by atoms with Crippen LogP contribution in [0.1, 0.15) is 50.2 Å². The molecule has 3 aliphatic rings. The fourth-order valence-electron chi connectivity index (χ4n) is 4.60. The molecule has 3 saturated heterocycles. The molecule has 146 valence electrons. The molecule has 0 radical (unpaired) electrons. The number of carbonyl (C=O) groups is 1. The first-order valence-electron chi connectivity index (χ1n) is 9.72. The van der Waals surface area contributed by atoms with Crippen molar-refractivity contribution in [3.63, 3.8) is 0 Å². The smallest absolute Gasteiger partial charge is 0.261 e. The monoisotopic (exact) mass is 406 g/mol. The van der Waals surface area contributed by atoms with E-state index in [2.05, 4.69) is 24.1 Å². The van der Waals surface area contributed by atoms with Crippen molar-refractivity contribution in [2.24, 2.45) is 5.92 Å². The Morgan fingerprint density at radius 1 is 1.33 bits per heavy atom. The van der Waals surface area contributed by atoms with Crippen LogP contribution in [0.15, 0.2) is 18.2 Å². The van der Waals surface area contributed by atoms with Crippen LogP contribution >= 0.6 is 22.9 Å². The van der Waals surface area contributed by atoms with Gasteiger partial charge in [-0.15, -0.1) is 11.3 Å². The zero-order valence-electron chi connectivity index (χ0n) is 16.3. The summed E-state index contributed by atoms with van der Waals surface area (Å²) in [6, 6.07) is 5.93. The van der Waals surface area contributed by atoms with Crippen LogP contribution in [-0.2, 0) is 0 Å². The summed E-state index contributed by atoms with van der Waals surface area (Å²) in [5.41, 5.74) is 0.00271. The molecule has 1 amide bonds. The summed E-state index contributed by atoms with van der Waals surface area (Å²) in [5.74, 6) is 1.25. The summed E-state index contributed by atoms with van der Waals surface area (Å²) in [7, 11) is 0. The quantitative estimate of drug-likeness (QED) is 0.781. The summed E-state index contributed by atoms with van der Waals surface area (Å²) in [5, 5.41) is 4.93. The predicted molar refractivity (Wildman–Crippen MR) is 112 cm³/mol. The minimum atomic E-state index is 0.00271. The molecule has 2 aromatic rings. The van der Waals surface area contributed by atoms with E-state index in [9.17, 15) is 4.79 Å². The molecule has 1 atom stereocenters. The Labute approximate surface area is 169 Å². The topological polar surface area (TPSA) is 41.6 Å². The van der Waals surface area contributed by atoms with E-state index in [1.807, 2.05) is 32.0 Å². The van der Waals surface area contributed by atoms with E-state index in [0.29, 0.717) is 21.6 Å². The van der Waals surface area contributed by atoms with E-state index in [1.165, 1.54) is 24.2 Å². The van der Waals surface area contributed by atoms with Crippen molar-refractivity contribution in [2.75, 3.05) is 13.1 Å². The van der Waals surface area contributed by atoms with Crippen LogP contribution in [0.5, 0.6) is 5.75 Å². The third-order valence-electron chi connectivity index (χ3n) is 6.04. The van der Waals surface area contributed by atoms with Gasteiger partial charge in [0.25, 0.3) is 5.91 Å². The van der Waals surface area contributed by atoms with Crippen molar-refractivity contribution in [2.45, 2.75) is 58.2 Å². The fraction of sp³-hybridized carbons (Fsp3) is 0.571. The zero-order valence-corrected chi connectivity index (χ0v) is 17.9. The van der Waals surface area contributed by atoms with E-state index in [4.69, 9.17) is 16.3 Å². The van der Waals surface area contributed by atoms with Crippen molar-refractivity contribution in [1.82, 2.24) is 10.2 Å². The third-order valence-corrected chi connectivity index (χ3v) is 7.49. The number of rotatable bonds is 4. The molecule has 2 bridgehead atoms. The highest BCUT2D eigenvalue weighted by Crippen LogP contribution is 2.41. The maximum absolute atomic E-state index is 13.1. The molecular weight excluding hydrogens is 380 g/mol. The highest BCUT2D eigenvalue weighted by molar-refractivity contribution is 7.21. The van der Waals surface area contributed by atoms with Gasteiger partial charge in [0, 0.05) is 11.6 Å². The molecule has 0 aliphatic carbocycles. The van der Waals surface area contributed by atoms with Gasteiger partial charge in [0.2, 0.25) is 0 Å². The Hall–Kier alpha value is -1.30. The van der Waals surface area contributed by atoms with Crippen LogP contribution in [-0.4, -0.2) is 41.6 Å². The van der Waals surface area contributed by atoms with Crippen LogP contribution in [0.2, 0.25) is 5.02 Å². The number of halogens is 1. The van der Waals surface area contributed by atoms with Crippen LogP contribution < -0.4 is 10.1 Å². The Morgan fingerprint density at radius 3 is 2.67 bits per heavy atom. The molecule has 5 rings (SSSR count). The molecule has 0 unspecified atom stereocenters. The van der Waals surface area contributed by atoms with E-state index in [1.54, 1.807) is 0 Å². The van der Waals surface area contributed by atoms with E-state index < -0.39 is 0 Å². The maximum atomic E-state index is 13.1. The van der Waals surface area contributed by atoms with Crippen molar-refractivity contribution in [3.8, 4) is 5.75 Å². The standard InChI is InChI=1S/C21H27ClN2O2S/c1-12(2)26-17-15(22)6-5-14-11-16(27-18(14)17)20(25)23-19-13-7-9-24(10-8-13)21(19,3)4/h5-6,11-13,19H,7-10H2,1-4H3,(H,23,25)/t19-/m1/s1. The van der Waals surface area contributed by atoms with Gasteiger partial charge in [-0.2, -0.15) is 0 Å². The molecule has 0 saturated carbocycles. The highest BCUT2D eigenvalue weighted by atomic mass is 35.5. The van der Waals surface area contributed by atoms with E-state index in [0.717, 1.165) is 23.2 Å². The Morgan fingerprint density at radius 2 is 2.04 bits per heavy atom. The minimum Gasteiger partial charge on any atom is -0.488 e. The molecule has 1 aromatic heterocycles. The molecule has 4 nitrogen and oxygen atoms in total. The lowest BCUT2D eigenvalue weighted by atomic mass is 9.72. The normalized spacial score (nSPS) is 26.5. The molecule has 0 spiro atoms. The van der Waals surface area contributed by atoms with Crippen LogP contribution in [0.25, 0.3) is 10.1 Å². The van der Waals surface area contributed by atoms with Gasteiger partial charge >= 0.3 is 0 Å². The molecular formula is C21H27ClN2O2S. The Balaban J connectivity index is 1.62. The number of nitrogens with zero attached hydrogens (tertiary/aromatic N) is 1. The van der Waals surface area contributed by atoms with Crippen molar-refractivity contribution < 1.29 is 9.53 Å². The summed E-state index contributed by atoms with van der Waals surface area (Å²) >= 11 is 7.81. The highest BCUT2D eigenvalue weighted by Gasteiger charge is 2.48. The lowest BCUT2D eigenvalue weighted by Gasteiger charge is -2.56. The van der Waals surface area contributed by atoms with Gasteiger partial charge in [-0.25, -0.2) is 0 Å². The van der Waals surface area contributed by atoms with Crippen LogP contribution in [0.4, 0.5) is 0 Å². The van der Waals surface area contributed by atoms with Crippen LogP contribution in [0, 0.1) is 5.92 Å². The lowest BCUT2D eigenvalue weighted by molar-refractivity contribution is -0.0377. The number of fused-ring (bicyclic) bond motifs is 4. The third kappa shape index (κ3) is 3.34. The van der Waals surface area contributed by atoms with Crippen molar-refractivity contribution >= 4 is 38.9 Å². The van der Waals surface area contributed by atoms with Gasteiger partial charge in [-0.1, -0.05) is 17.7 Å². The molecule has 1 aromatic carbocycles. The summed E-state index contributed by atoms with van der Waals surface area (Å²) in [6.45, 7) is 10.7. The van der Waals surface area contributed by atoms with Gasteiger partial charge < -0.3 is 10.1 Å². The number of piperidine rings is 3. The fourth-order valence-corrected chi connectivity index (χ4v) is 5.91. The first kappa shape index (κ1) is 19.0. The Kier molecular flexibility index (Phi) is 4.90. The largest absolute Gasteiger partial charge is 0.488 e. The van der Waals surface area contributed by atoms with Crippen molar-refractivity contribution in [3.05, 3.63) is 28.1 Å². The number of amides is 1. The zero-order chi connectivity index (χ0) is 19.3. The maximum Gasteiger partial charge on any atom is 0.261 e. The molecule has 1 N–H and O–H groups in total. The number of carbonyl (C=O) groups excluding carboxylic acids is 1. The van der Waals surface area contributed by atoms with E-state index >= 15 is 0 Å². The molecule has 3 aliphatic heterocycles. The molecule has 27 heavy (non-hydrogen) atoms. The predicted octanol–water partition coefficient (Wildman–Crippen LogP) is 4.94. The minimum absolute atomic E-state index is 0.00271. The number of hydrogen-bond acceptors (Lipinski definition) is 4. The average Bonchev–Trinajstić information content (AvgIpc) is 3.05. The summed E-state index contributed by atoms with van der Waals surface area (Å²) in [6.07, 6.45) is 2.37. The van der Waals surface area contributed by atoms with Crippen molar-refractivity contribution in [1.29, 1.82) is 0 Å². The second-order valence-electron chi connectivity index (χ2n) is 8.50. The summed E-state index contributed by atoms with van der Waals surface area (Å²) < 4.78 is 6.85. The summed E-state index contributed by atoms with van der Waals surface area (Å²) in [4.78, 5) is 16.3. The number of thiophene rings is 1. The van der Waals surface area contributed by atoms with Crippen LogP contribution in [0.3, 0.4) is 0 Å².